The number of hydrogen-bond donors (Lipinski definition) is 5. The van der Waals surface area contributed by atoms with Gasteiger partial charge in [0, 0.05) is 22.4 Å². The van der Waals surface area contributed by atoms with E-state index >= 15 is 0 Å². The molecule has 0 bridgehead atoms. The third-order valence-corrected chi connectivity index (χ3v) is 10.9. The van der Waals surface area contributed by atoms with Gasteiger partial charge in [0.2, 0.25) is 0 Å². The molecule has 28 heteroatoms. The average Bonchev–Trinajstić information content (AvgIpc) is 3.44. The van der Waals surface area contributed by atoms with Gasteiger partial charge in [-0.15, -0.1) is 0 Å². The predicted octanol–water partition coefficient (Wildman–Crippen LogP) is 2.77. The molecule has 1 aliphatic carbocycles. The number of rotatable bonds is 17. The van der Waals surface area contributed by atoms with Crippen molar-refractivity contribution in [3.05, 3.63) is 82.8 Å². The van der Waals surface area contributed by atoms with Crippen LogP contribution in [0.2, 0.25) is 0 Å². The highest BCUT2D eigenvalue weighted by atomic mass is 31.3. The maximum Gasteiger partial charge on any atom is 0.490 e. The van der Waals surface area contributed by atoms with Crippen LogP contribution in [0.15, 0.2) is 44.2 Å². The van der Waals surface area contributed by atoms with E-state index in [2.05, 4.69) is 45.0 Å². The van der Waals surface area contributed by atoms with Crippen LogP contribution >= 0.6 is 23.5 Å². The zero-order chi connectivity index (χ0) is 38.8. The number of H-pyrrole nitrogens is 1. The number of phosphoric ester groups is 1. The largest absolute Gasteiger partial charge is 0.490 e. The highest BCUT2D eigenvalue weighted by Crippen LogP contribution is 2.66. The van der Waals surface area contributed by atoms with Gasteiger partial charge < -0.3 is 38.5 Å². The number of esters is 1. The van der Waals surface area contributed by atoms with Gasteiger partial charge in [0.15, 0.2) is 6.61 Å². The van der Waals surface area contributed by atoms with Crippen LogP contribution in [0.5, 0.6) is 5.75 Å². The summed E-state index contributed by atoms with van der Waals surface area (Å²) >= 11 is 0. The maximum atomic E-state index is 12.8. The van der Waals surface area contributed by atoms with Gasteiger partial charge in [-0.1, -0.05) is 22.1 Å². The molecule has 53 heavy (non-hydrogen) atoms. The van der Waals surface area contributed by atoms with Gasteiger partial charge in [-0.05, 0) is 54.1 Å². The summed E-state index contributed by atoms with van der Waals surface area (Å²) < 4.78 is 69.6. The van der Waals surface area contributed by atoms with Crippen molar-refractivity contribution in [2.75, 3.05) is 19.9 Å². The summed E-state index contributed by atoms with van der Waals surface area (Å²) in [6, 6.07) is 4.60. The number of carbonyl (C=O) groups excluding carboxylic acids is 1. The lowest BCUT2D eigenvalue weighted by molar-refractivity contribution is -0.0601. The first-order valence-electron chi connectivity index (χ1n) is 14.9. The summed E-state index contributed by atoms with van der Waals surface area (Å²) in [5.74, 6) is 4.62. The zero-order valence-corrected chi connectivity index (χ0v) is 29.5. The molecule has 2 aliphatic rings. The standard InChI is InChI=1S/C25H29N8O17P3/c26-31-28-11-16-9-18(47-17-4-1-5-17)6-7-19(16)24(35)44-8-2-3-15-12-33(25(36)30-23(15)34)22-10-20(45-14-29-32-27)21(48-22)13-46-52(40,41)50-53(42,43)49-51(37,38)39/h6-7,9,12,17,20-22H,1,4-5,8,10-11,13-14H2,(H,40,41)(H,42,43)(H,30,34,36)(H2,37,38,39)/t20?,21-,22-/m1/s1. The fourth-order valence-electron chi connectivity index (χ4n) is 4.68. The Morgan fingerprint density at radius 1 is 1.08 bits per heavy atom. The second kappa shape index (κ2) is 18.1. The van der Waals surface area contributed by atoms with Gasteiger partial charge in [0.1, 0.15) is 30.4 Å². The number of hydrogen-bond acceptors (Lipinski definition) is 15. The van der Waals surface area contributed by atoms with Crippen molar-refractivity contribution in [1.29, 1.82) is 0 Å². The number of nitrogens with one attached hydrogen (secondary N) is 1. The van der Waals surface area contributed by atoms with Crippen molar-refractivity contribution < 1.29 is 70.2 Å². The van der Waals surface area contributed by atoms with Gasteiger partial charge in [-0.25, -0.2) is 23.3 Å². The van der Waals surface area contributed by atoms with Crippen LogP contribution in [0.25, 0.3) is 20.9 Å². The van der Waals surface area contributed by atoms with E-state index in [9.17, 15) is 37.9 Å². The van der Waals surface area contributed by atoms with Crippen LogP contribution in [0, 0.1) is 11.8 Å². The Balaban J connectivity index is 1.45. The number of azide groups is 2. The van der Waals surface area contributed by atoms with Crippen molar-refractivity contribution in [2.24, 2.45) is 10.2 Å². The first kappa shape index (κ1) is 41.4. The monoisotopic (exact) mass is 806 g/mol. The summed E-state index contributed by atoms with van der Waals surface area (Å²) in [4.78, 5) is 81.9. The van der Waals surface area contributed by atoms with Crippen LogP contribution in [0.3, 0.4) is 0 Å². The van der Waals surface area contributed by atoms with E-state index in [0.717, 1.165) is 30.0 Å². The Labute approximate surface area is 296 Å². The lowest BCUT2D eigenvalue weighted by Crippen LogP contribution is -2.33. The van der Waals surface area contributed by atoms with Crippen LogP contribution < -0.4 is 16.0 Å². The Bertz CT molecular complexity index is 2110. The first-order valence-corrected chi connectivity index (χ1v) is 19.4. The molecule has 0 radical (unpaired) electrons. The number of phosphoric acid groups is 3. The summed E-state index contributed by atoms with van der Waals surface area (Å²) in [5, 5.41) is 6.70. The van der Waals surface area contributed by atoms with Crippen LogP contribution in [-0.4, -0.2) is 73.4 Å². The molecule has 25 nitrogen and oxygen atoms in total. The van der Waals surface area contributed by atoms with Gasteiger partial charge in [-0.3, -0.25) is 18.9 Å². The SMILES string of the molecule is [N-]=[N+]=NCOC1C[C@H](n2cc(C#CCOC(=O)c3ccc(OC4CCC4)cc3CN=[N+]=[N-])c(=O)[nH]c2=O)O[C@@H]1COP(=O)(O)OP(=O)(O)OP(=O)(O)O. The Morgan fingerprint density at radius 2 is 1.81 bits per heavy atom. The molecule has 1 saturated heterocycles. The van der Waals surface area contributed by atoms with E-state index < -0.39 is 79.1 Å². The fourth-order valence-corrected chi connectivity index (χ4v) is 7.71. The Hall–Kier alpha value is -4.32. The van der Waals surface area contributed by atoms with Gasteiger partial charge in [-0.2, -0.15) is 8.62 Å². The molecule has 2 aromatic rings. The topological polar surface area (TPSA) is 366 Å². The minimum atomic E-state index is -5.82. The molecule has 0 amide bonds. The third-order valence-electron chi connectivity index (χ3n) is 7.14. The molecule has 2 heterocycles. The van der Waals surface area contributed by atoms with Gasteiger partial charge in [0.05, 0.1) is 30.9 Å². The van der Waals surface area contributed by atoms with Crippen LogP contribution in [0.4, 0.5) is 0 Å². The Morgan fingerprint density at radius 3 is 2.47 bits per heavy atom. The molecular weight excluding hydrogens is 777 g/mol. The Kier molecular flexibility index (Phi) is 14.2. The number of nitrogens with zero attached hydrogens (tertiary/aromatic N) is 7. The molecule has 1 aliphatic heterocycles. The maximum absolute atomic E-state index is 12.8. The van der Waals surface area contributed by atoms with Gasteiger partial charge >= 0.3 is 35.1 Å². The molecule has 5 N–H and O–H groups in total. The molecule has 286 valence electrons. The molecule has 1 aromatic carbocycles. The van der Waals surface area contributed by atoms with Crippen molar-refractivity contribution in [3.63, 3.8) is 0 Å². The molecule has 5 atom stereocenters. The molecule has 1 aromatic heterocycles. The minimum absolute atomic E-state index is 0.0622. The van der Waals surface area contributed by atoms with E-state index in [1.165, 1.54) is 6.07 Å². The second-order valence-corrected chi connectivity index (χ2v) is 15.2. The number of ether oxygens (including phenoxy) is 4. The number of carbonyl (C=O) groups is 1. The number of benzene rings is 1. The predicted molar refractivity (Wildman–Crippen MR) is 173 cm³/mol. The van der Waals surface area contributed by atoms with Crippen LogP contribution in [0.1, 0.15) is 53.4 Å². The van der Waals surface area contributed by atoms with E-state index in [1.807, 2.05) is 4.98 Å². The molecular formula is C25H29N8O17P3. The number of aromatic nitrogens is 2. The zero-order valence-electron chi connectivity index (χ0n) is 26.8. The van der Waals surface area contributed by atoms with E-state index in [4.69, 9.17) is 39.8 Å². The smallest absolute Gasteiger partial charge is 0.490 e. The van der Waals surface area contributed by atoms with E-state index in [1.54, 1.807) is 12.1 Å². The van der Waals surface area contributed by atoms with E-state index in [0.29, 0.717) is 11.3 Å². The van der Waals surface area contributed by atoms with Crippen LogP contribution in [-0.2, 0) is 47.6 Å². The van der Waals surface area contributed by atoms with Crippen molar-refractivity contribution >= 4 is 29.4 Å². The quantitative estimate of drug-likeness (QED) is 0.0383. The minimum Gasteiger partial charge on any atom is -0.490 e. The summed E-state index contributed by atoms with van der Waals surface area (Å²) in [7, 11) is -17.0. The molecule has 2 fully saturated rings. The summed E-state index contributed by atoms with van der Waals surface area (Å²) in [5.41, 5.74) is 15.5. The highest BCUT2D eigenvalue weighted by molar-refractivity contribution is 7.66. The average molecular weight is 806 g/mol. The second-order valence-electron chi connectivity index (χ2n) is 10.8. The van der Waals surface area contributed by atoms with E-state index in [-0.39, 0.29) is 30.2 Å². The van der Waals surface area contributed by atoms with Crippen molar-refractivity contribution in [3.8, 4) is 17.6 Å². The molecule has 3 unspecified atom stereocenters. The summed E-state index contributed by atoms with van der Waals surface area (Å²) in [6.07, 6.45) is -0.190. The lowest BCUT2D eigenvalue weighted by Gasteiger charge is -2.26. The highest BCUT2D eigenvalue weighted by Gasteiger charge is 2.43. The molecule has 1 saturated carbocycles. The molecule has 0 spiro atoms. The normalized spacial score (nSPS) is 20.6. The fraction of sp³-hybridized carbons (Fsp3) is 0.480. The van der Waals surface area contributed by atoms with Crippen molar-refractivity contribution in [1.82, 2.24) is 9.55 Å². The van der Waals surface area contributed by atoms with Crippen molar-refractivity contribution in [2.45, 2.75) is 56.8 Å². The third kappa shape index (κ3) is 12.7. The molecule has 4 rings (SSSR count). The summed E-state index contributed by atoms with van der Waals surface area (Å²) in [6.45, 7) is -2.25. The first-order chi connectivity index (χ1) is 25.0. The number of aromatic amines is 1. The lowest BCUT2D eigenvalue weighted by atomic mass is 9.96. The van der Waals surface area contributed by atoms with Gasteiger partial charge in [0.25, 0.3) is 5.56 Å².